The second-order valence-corrected chi connectivity index (χ2v) is 7.74. The zero-order valence-corrected chi connectivity index (χ0v) is 17.7. The number of hydrogen-bond donors (Lipinski definition) is 0. The number of carbonyl (C=O) groups is 2. The first kappa shape index (κ1) is 23.5. The Balaban J connectivity index is 2.72. The maximum Gasteiger partial charge on any atom is 0.338 e. The van der Waals surface area contributed by atoms with Gasteiger partial charge in [-0.15, -0.1) is 0 Å². The van der Waals surface area contributed by atoms with E-state index in [2.05, 4.69) is 27.7 Å². The third-order valence-electron chi connectivity index (χ3n) is 4.84. The molecule has 1 aliphatic rings. The SMILES string of the molecule is CCCCCCOC(=O)C1=CC(C)CC(C)C=C1C(=O)OCCCCCC. The molecule has 0 radical (unpaired) electrons. The van der Waals surface area contributed by atoms with Crippen LogP contribution in [-0.4, -0.2) is 25.2 Å². The molecule has 1 aliphatic carbocycles. The lowest BCUT2D eigenvalue weighted by Crippen LogP contribution is -2.18. The van der Waals surface area contributed by atoms with E-state index in [-0.39, 0.29) is 11.8 Å². The Hall–Kier alpha value is -1.58. The number of allylic oxidation sites excluding steroid dienone is 2. The highest BCUT2D eigenvalue weighted by Crippen LogP contribution is 2.27. The van der Waals surface area contributed by atoms with Gasteiger partial charge in [0.05, 0.1) is 24.4 Å². The van der Waals surface area contributed by atoms with Crippen LogP contribution in [-0.2, 0) is 19.1 Å². The summed E-state index contributed by atoms with van der Waals surface area (Å²) < 4.78 is 10.9. The van der Waals surface area contributed by atoms with Gasteiger partial charge < -0.3 is 9.47 Å². The van der Waals surface area contributed by atoms with Crippen molar-refractivity contribution in [1.29, 1.82) is 0 Å². The van der Waals surface area contributed by atoms with Gasteiger partial charge in [-0.1, -0.05) is 78.4 Å². The molecule has 0 N–H and O–H groups in total. The number of carbonyl (C=O) groups excluding carboxylic acids is 2. The first-order valence-electron chi connectivity index (χ1n) is 10.8. The molecule has 0 spiro atoms. The quantitative estimate of drug-likeness (QED) is 0.320. The lowest BCUT2D eigenvalue weighted by molar-refractivity contribution is -0.142. The summed E-state index contributed by atoms with van der Waals surface area (Å²) in [7, 11) is 0. The van der Waals surface area contributed by atoms with Gasteiger partial charge >= 0.3 is 11.9 Å². The van der Waals surface area contributed by atoms with Crippen LogP contribution in [0.2, 0.25) is 0 Å². The first-order valence-corrected chi connectivity index (χ1v) is 10.8. The first-order chi connectivity index (χ1) is 13.0. The molecule has 4 nitrogen and oxygen atoms in total. The Morgan fingerprint density at radius 1 is 0.778 bits per heavy atom. The van der Waals surface area contributed by atoms with E-state index in [1.807, 2.05) is 12.2 Å². The largest absolute Gasteiger partial charge is 0.462 e. The van der Waals surface area contributed by atoms with Crippen molar-refractivity contribution in [3.8, 4) is 0 Å². The molecule has 0 saturated heterocycles. The molecule has 0 bridgehead atoms. The van der Waals surface area contributed by atoms with Crippen molar-refractivity contribution in [3.63, 3.8) is 0 Å². The summed E-state index contributed by atoms with van der Waals surface area (Å²) in [6.07, 6.45) is 13.1. The lowest BCUT2D eigenvalue weighted by Gasteiger charge is -2.12. The maximum atomic E-state index is 12.6. The Morgan fingerprint density at radius 3 is 1.56 bits per heavy atom. The summed E-state index contributed by atoms with van der Waals surface area (Å²) >= 11 is 0. The summed E-state index contributed by atoms with van der Waals surface area (Å²) in [5.41, 5.74) is 0.752. The van der Waals surface area contributed by atoms with E-state index < -0.39 is 11.9 Å². The minimum absolute atomic E-state index is 0.216. The minimum Gasteiger partial charge on any atom is -0.462 e. The van der Waals surface area contributed by atoms with E-state index in [1.54, 1.807) is 0 Å². The highest BCUT2D eigenvalue weighted by molar-refractivity contribution is 6.07. The Kier molecular flexibility index (Phi) is 11.8. The highest BCUT2D eigenvalue weighted by Gasteiger charge is 2.27. The molecule has 0 aromatic carbocycles. The van der Waals surface area contributed by atoms with E-state index in [1.165, 1.54) is 0 Å². The number of esters is 2. The second-order valence-electron chi connectivity index (χ2n) is 7.74. The molecule has 0 aromatic heterocycles. The molecule has 0 aliphatic heterocycles. The summed E-state index contributed by atoms with van der Waals surface area (Å²) in [6.45, 7) is 9.24. The van der Waals surface area contributed by atoms with Crippen LogP contribution in [0.4, 0.5) is 0 Å². The van der Waals surface area contributed by atoms with Gasteiger partial charge in [0, 0.05) is 0 Å². The van der Waals surface area contributed by atoms with Crippen LogP contribution in [0.5, 0.6) is 0 Å². The number of hydrogen-bond acceptors (Lipinski definition) is 4. The third kappa shape index (κ3) is 9.25. The Bertz CT molecular complexity index is 472. The van der Waals surface area contributed by atoms with Gasteiger partial charge in [0.15, 0.2) is 0 Å². The van der Waals surface area contributed by atoms with Crippen molar-refractivity contribution < 1.29 is 19.1 Å². The fourth-order valence-electron chi connectivity index (χ4n) is 3.37. The van der Waals surface area contributed by atoms with E-state index in [4.69, 9.17) is 9.47 Å². The third-order valence-corrected chi connectivity index (χ3v) is 4.84. The molecular weight excluding hydrogens is 340 g/mol. The molecular formula is C23H38O4. The number of rotatable bonds is 12. The van der Waals surface area contributed by atoms with E-state index in [9.17, 15) is 9.59 Å². The predicted molar refractivity (Wildman–Crippen MR) is 109 cm³/mol. The Labute approximate surface area is 165 Å². The van der Waals surface area contributed by atoms with Crippen molar-refractivity contribution in [2.24, 2.45) is 11.8 Å². The van der Waals surface area contributed by atoms with Gasteiger partial charge in [0.25, 0.3) is 0 Å². The summed E-state index contributed by atoms with van der Waals surface area (Å²) in [5, 5.41) is 0. The average Bonchev–Trinajstić information content (AvgIpc) is 2.78. The molecule has 0 heterocycles. The van der Waals surface area contributed by atoms with Crippen molar-refractivity contribution in [2.45, 2.75) is 85.5 Å². The summed E-state index contributed by atoms with van der Waals surface area (Å²) in [6, 6.07) is 0. The van der Waals surface area contributed by atoms with E-state index in [0.29, 0.717) is 24.4 Å². The minimum atomic E-state index is -0.401. The molecule has 0 saturated carbocycles. The van der Waals surface area contributed by atoms with Crippen molar-refractivity contribution in [3.05, 3.63) is 23.3 Å². The smallest absolute Gasteiger partial charge is 0.338 e. The van der Waals surface area contributed by atoms with Crippen LogP contribution in [0, 0.1) is 11.8 Å². The second kappa shape index (κ2) is 13.6. The summed E-state index contributed by atoms with van der Waals surface area (Å²) in [5.74, 6) is -0.370. The fraction of sp³-hybridized carbons (Fsp3) is 0.739. The normalized spacial score (nSPS) is 19.7. The molecule has 0 aromatic rings. The van der Waals surface area contributed by atoms with Crippen molar-refractivity contribution in [2.75, 3.05) is 13.2 Å². The molecule has 1 rings (SSSR count). The molecule has 0 fully saturated rings. The fourth-order valence-corrected chi connectivity index (χ4v) is 3.37. The molecule has 0 amide bonds. The van der Waals surface area contributed by atoms with Crippen LogP contribution in [0.1, 0.15) is 85.5 Å². The monoisotopic (exact) mass is 378 g/mol. The van der Waals surface area contributed by atoms with Crippen LogP contribution in [0.15, 0.2) is 23.3 Å². The average molecular weight is 379 g/mol. The number of ether oxygens (including phenoxy) is 2. The Morgan fingerprint density at radius 2 is 1.19 bits per heavy atom. The molecule has 154 valence electrons. The summed E-state index contributed by atoms with van der Waals surface area (Å²) in [4.78, 5) is 25.3. The van der Waals surface area contributed by atoms with Crippen LogP contribution < -0.4 is 0 Å². The standard InChI is InChI=1S/C23H38O4/c1-5-7-9-11-13-26-22(24)20-16-18(3)15-19(4)17-21(20)23(25)27-14-12-10-8-6-2/h16-19H,5-15H2,1-4H3. The van der Waals surface area contributed by atoms with Gasteiger partial charge in [0.1, 0.15) is 0 Å². The number of unbranched alkanes of at least 4 members (excludes halogenated alkanes) is 6. The lowest BCUT2D eigenvalue weighted by atomic mass is 9.98. The van der Waals surface area contributed by atoms with Gasteiger partial charge in [-0.2, -0.15) is 0 Å². The molecule has 27 heavy (non-hydrogen) atoms. The van der Waals surface area contributed by atoms with Crippen LogP contribution in [0.3, 0.4) is 0 Å². The molecule has 2 atom stereocenters. The zero-order valence-electron chi connectivity index (χ0n) is 17.7. The predicted octanol–water partition coefficient (Wildman–Crippen LogP) is 5.76. The van der Waals surface area contributed by atoms with Gasteiger partial charge in [-0.3, -0.25) is 0 Å². The maximum absolute atomic E-state index is 12.6. The van der Waals surface area contributed by atoms with E-state index >= 15 is 0 Å². The van der Waals surface area contributed by atoms with E-state index in [0.717, 1.165) is 57.8 Å². The highest BCUT2D eigenvalue weighted by atomic mass is 16.5. The van der Waals surface area contributed by atoms with Crippen molar-refractivity contribution >= 4 is 11.9 Å². The van der Waals surface area contributed by atoms with Gasteiger partial charge in [-0.05, 0) is 31.1 Å². The topological polar surface area (TPSA) is 52.6 Å². The molecule has 4 heteroatoms. The van der Waals surface area contributed by atoms with Gasteiger partial charge in [-0.25, -0.2) is 9.59 Å². The van der Waals surface area contributed by atoms with Crippen LogP contribution in [0.25, 0.3) is 0 Å². The van der Waals surface area contributed by atoms with Gasteiger partial charge in [0.2, 0.25) is 0 Å². The van der Waals surface area contributed by atoms with Crippen molar-refractivity contribution in [1.82, 2.24) is 0 Å². The van der Waals surface area contributed by atoms with Crippen LogP contribution >= 0.6 is 0 Å². The molecule has 2 unspecified atom stereocenters. The zero-order chi connectivity index (χ0) is 20.1.